The first kappa shape index (κ1) is 15.0. The summed E-state index contributed by atoms with van der Waals surface area (Å²) in [5.74, 6) is 0.911. The molecule has 0 aliphatic carbocycles. The van der Waals surface area contributed by atoms with E-state index in [9.17, 15) is 0 Å². The van der Waals surface area contributed by atoms with Crippen molar-refractivity contribution in [3.63, 3.8) is 0 Å². The number of rotatable bonds is 6. The van der Waals surface area contributed by atoms with Gasteiger partial charge < -0.3 is 10.6 Å². The maximum Gasteiger partial charge on any atom is 0.191 e. The number of nitrogens with one attached hydrogen (secondary N) is 2. The third kappa shape index (κ3) is 6.05. The van der Waals surface area contributed by atoms with Crippen LogP contribution in [0, 0.1) is 0 Å². The fourth-order valence-electron chi connectivity index (χ4n) is 1.68. The molecule has 0 radical (unpaired) electrons. The van der Waals surface area contributed by atoms with Crippen molar-refractivity contribution in [2.24, 2.45) is 4.99 Å². The van der Waals surface area contributed by atoms with Gasteiger partial charge >= 0.3 is 0 Å². The van der Waals surface area contributed by atoms with Crippen LogP contribution in [0.15, 0.2) is 33.7 Å². The van der Waals surface area contributed by atoms with Gasteiger partial charge in [-0.1, -0.05) is 28.1 Å². The summed E-state index contributed by atoms with van der Waals surface area (Å²) in [4.78, 5) is 4.52. The largest absolute Gasteiger partial charge is 0.357 e. The highest BCUT2D eigenvalue weighted by atomic mass is 79.9. The third-order valence-corrected chi connectivity index (χ3v) is 2.96. The van der Waals surface area contributed by atoms with Crippen LogP contribution in [0.2, 0.25) is 0 Å². The predicted molar refractivity (Wildman–Crippen MR) is 82.1 cm³/mol. The van der Waals surface area contributed by atoms with Gasteiger partial charge in [-0.25, -0.2) is 0 Å². The average Bonchev–Trinajstić information content (AvgIpc) is 2.35. The number of hydrogen-bond donors (Lipinski definition) is 2. The van der Waals surface area contributed by atoms with E-state index < -0.39 is 0 Å². The number of aryl methyl sites for hydroxylation is 1. The molecule has 0 saturated heterocycles. The normalized spacial score (nSPS) is 9.94. The molecule has 18 heavy (non-hydrogen) atoms. The third-order valence-electron chi connectivity index (χ3n) is 2.47. The van der Waals surface area contributed by atoms with Crippen LogP contribution in [-0.2, 0) is 6.42 Å². The van der Waals surface area contributed by atoms with E-state index in [1.807, 2.05) is 0 Å². The molecule has 0 fully saturated rings. The SMILES string of the molecule is CCNC(=NCCCc1cccc(Br)c1)NCC. The van der Waals surface area contributed by atoms with Crippen molar-refractivity contribution in [3.05, 3.63) is 34.3 Å². The minimum atomic E-state index is 0.849. The molecule has 4 heteroatoms. The number of nitrogens with zero attached hydrogens (tertiary/aromatic N) is 1. The van der Waals surface area contributed by atoms with Gasteiger partial charge in [0.2, 0.25) is 0 Å². The van der Waals surface area contributed by atoms with Gasteiger partial charge in [0.15, 0.2) is 5.96 Å². The van der Waals surface area contributed by atoms with Gasteiger partial charge in [-0.3, -0.25) is 4.99 Å². The van der Waals surface area contributed by atoms with E-state index in [0.717, 1.165) is 42.9 Å². The quantitative estimate of drug-likeness (QED) is 0.481. The Morgan fingerprint density at radius 3 is 2.56 bits per heavy atom. The summed E-state index contributed by atoms with van der Waals surface area (Å²) in [6.45, 7) is 6.81. The Balaban J connectivity index is 2.34. The van der Waals surface area contributed by atoms with Gasteiger partial charge in [0.05, 0.1) is 0 Å². The maximum atomic E-state index is 4.52. The number of halogens is 1. The van der Waals surface area contributed by atoms with Gasteiger partial charge in [-0.2, -0.15) is 0 Å². The van der Waals surface area contributed by atoms with Crippen LogP contribution in [0.4, 0.5) is 0 Å². The van der Waals surface area contributed by atoms with E-state index in [4.69, 9.17) is 0 Å². The first-order valence-corrected chi connectivity index (χ1v) is 7.32. The second-order valence-corrected chi connectivity index (χ2v) is 4.94. The molecule has 0 aliphatic heterocycles. The first-order chi connectivity index (χ1) is 8.76. The van der Waals surface area contributed by atoms with Crippen LogP contribution in [0.5, 0.6) is 0 Å². The van der Waals surface area contributed by atoms with Crippen molar-refractivity contribution < 1.29 is 0 Å². The number of benzene rings is 1. The summed E-state index contributed by atoms with van der Waals surface area (Å²) in [5.41, 5.74) is 1.35. The molecule has 0 unspecified atom stereocenters. The Kier molecular flexibility index (Phi) is 7.49. The summed E-state index contributed by atoms with van der Waals surface area (Å²) in [7, 11) is 0. The van der Waals surface area contributed by atoms with Crippen LogP contribution >= 0.6 is 15.9 Å². The molecule has 1 rings (SSSR count). The van der Waals surface area contributed by atoms with Gasteiger partial charge in [0, 0.05) is 24.1 Å². The highest BCUT2D eigenvalue weighted by Crippen LogP contribution is 2.12. The molecule has 3 nitrogen and oxygen atoms in total. The molecule has 0 amide bonds. The zero-order chi connectivity index (χ0) is 13.2. The molecule has 1 aromatic rings. The summed E-state index contributed by atoms with van der Waals surface area (Å²) >= 11 is 3.49. The van der Waals surface area contributed by atoms with Crippen molar-refractivity contribution in [1.29, 1.82) is 0 Å². The van der Waals surface area contributed by atoms with E-state index in [-0.39, 0.29) is 0 Å². The first-order valence-electron chi connectivity index (χ1n) is 6.53. The Morgan fingerprint density at radius 2 is 1.94 bits per heavy atom. The molecule has 0 bridgehead atoms. The molecule has 0 aromatic heterocycles. The second-order valence-electron chi connectivity index (χ2n) is 4.02. The standard InChI is InChI=1S/C14H22BrN3/c1-3-16-14(17-4-2)18-10-6-8-12-7-5-9-13(15)11-12/h5,7,9,11H,3-4,6,8,10H2,1-2H3,(H2,16,17,18). The fourth-order valence-corrected chi connectivity index (χ4v) is 2.12. The van der Waals surface area contributed by atoms with Crippen LogP contribution in [0.3, 0.4) is 0 Å². The minimum absolute atomic E-state index is 0.849. The lowest BCUT2D eigenvalue weighted by Crippen LogP contribution is -2.37. The molecular weight excluding hydrogens is 290 g/mol. The van der Waals surface area contributed by atoms with Gasteiger partial charge in [0.1, 0.15) is 0 Å². The number of guanidine groups is 1. The summed E-state index contributed by atoms with van der Waals surface area (Å²) in [6.07, 6.45) is 2.13. The topological polar surface area (TPSA) is 36.4 Å². The summed E-state index contributed by atoms with van der Waals surface area (Å²) in [5, 5.41) is 6.45. The molecular formula is C14H22BrN3. The highest BCUT2D eigenvalue weighted by molar-refractivity contribution is 9.10. The van der Waals surface area contributed by atoms with E-state index >= 15 is 0 Å². The molecule has 1 aromatic carbocycles. The lowest BCUT2D eigenvalue weighted by molar-refractivity contribution is 0.795. The van der Waals surface area contributed by atoms with Gasteiger partial charge in [-0.05, 0) is 44.4 Å². The molecule has 2 N–H and O–H groups in total. The summed E-state index contributed by atoms with van der Waals surface area (Å²) < 4.78 is 1.14. The van der Waals surface area contributed by atoms with Crippen molar-refractivity contribution in [3.8, 4) is 0 Å². The lowest BCUT2D eigenvalue weighted by Gasteiger charge is -2.08. The van der Waals surface area contributed by atoms with E-state index in [2.05, 4.69) is 69.7 Å². The van der Waals surface area contributed by atoms with Gasteiger partial charge in [-0.15, -0.1) is 0 Å². The molecule has 100 valence electrons. The van der Waals surface area contributed by atoms with Crippen LogP contribution in [-0.4, -0.2) is 25.6 Å². The van der Waals surface area contributed by atoms with Crippen molar-refractivity contribution >= 4 is 21.9 Å². The number of hydrogen-bond acceptors (Lipinski definition) is 1. The average molecular weight is 312 g/mol. The second kappa shape index (κ2) is 8.97. The predicted octanol–water partition coefficient (Wildman–Crippen LogP) is 2.96. The van der Waals surface area contributed by atoms with Crippen LogP contribution in [0.1, 0.15) is 25.8 Å². The van der Waals surface area contributed by atoms with Crippen molar-refractivity contribution in [2.45, 2.75) is 26.7 Å². The monoisotopic (exact) mass is 311 g/mol. The van der Waals surface area contributed by atoms with E-state index in [0.29, 0.717) is 0 Å². The van der Waals surface area contributed by atoms with E-state index in [1.165, 1.54) is 5.56 Å². The Hall–Kier alpha value is -1.03. The zero-order valence-electron chi connectivity index (χ0n) is 11.2. The smallest absolute Gasteiger partial charge is 0.191 e. The Morgan fingerprint density at radius 1 is 1.22 bits per heavy atom. The highest BCUT2D eigenvalue weighted by Gasteiger charge is 1.96. The lowest BCUT2D eigenvalue weighted by atomic mass is 10.1. The maximum absolute atomic E-state index is 4.52. The van der Waals surface area contributed by atoms with Crippen molar-refractivity contribution in [1.82, 2.24) is 10.6 Å². The number of aliphatic imine (C=N–C) groups is 1. The van der Waals surface area contributed by atoms with E-state index in [1.54, 1.807) is 0 Å². The molecule has 0 atom stereocenters. The molecule has 0 saturated carbocycles. The Bertz CT molecular complexity index is 369. The van der Waals surface area contributed by atoms with Crippen molar-refractivity contribution in [2.75, 3.05) is 19.6 Å². The Labute approximate surface area is 118 Å². The van der Waals surface area contributed by atoms with Crippen LogP contribution in [0.25, 0.3) is 0 Å². The molecule has 0 spiro atoms. The zero-order valence-corrected chi connectivity index (χ0v) is 12.8. The minimum Gasteiger partial charge on any atom is -0.357 e. The fraction of sp³-hybridized carbons (Fsp3) is 0.500. The molecule has 0 aliphatic rings. The van der Waals surface area contributed by atoms with Gasteiger partial charge in [0.25, 0.3) is 0 Å². The van der Waals surface area contributed by atoms with Crippen LogP contribution < -0.4 is 10.6 Å². The molecule has 0 heterocycles. The summed E-state index contributed by atoms with van der Waals surface area (Å²) in [6, 6.07) is 8.45.